The predicted octanol–water partition coefficient (Wildman–Crippen LogP) is 0.150. The van der Waals surface area contributed by atoms with Gasteiger partial charge < -0.3 is 9.88 Å². The molecule has 0 aliphatic heterocycles. The molecule has 7 nitrogen and oxygen atoms in total. The molecule has 1 heterocycles. The second kappa shape index (κ2) is 6.34. The van der Waals surface area contributed by atoms with Gasteiger partial charge in [0.25, 0.3) is 0 Å². The standard InChI is InChI=1S/C11H21N7/c1-2-18-8-14-17-10(18)7-13-11(16-12)15-9-5-3-4-6-9/h8-9H,2-7,12H2,1H3,(H2,13,15,16). The molecule has 1 aromatic heterocycles. The van der Waals surface area contributed by atoms with E-state index in [1.165, 1.54) is 25.7 Å². The Kier molecular flexibility index (Phi) is 4.52. The zero-order valence-electron chi connectivity index (χ0n) is 10.8. The molecule has 1 aliphatic carbocycles. The molecule has 0 atom stereocenters. The molecular weight excluding hydrogens is 230 g/mol. The van der Waals surface area contributed by atoms with Gasteiger partial charge in [0.15, 0.2) is 5.82 Å². The molecule has 0 saturated heterocycles. The van der Waals surface area contributed by atoms with Crippen LogP contribution in [0.5, 0.6) is 0 Å². The van der Waals surface area contributed by atoms with Crippen molar-refractivity contribution in [3.63, 3.8) is 0 Å². The number of hydrogen-bond acceptors (Lipinski definition) is 4. The maximum atomic E-state index is 5.47. The SMILES string of the molecule is CCn1cnnc1CN=C(NN)NC1CCCC1. The highest BCUT2D eigenvalue weighted by Gasteiger charge is 2.15. The van der Waals surface area contributed by atoms with Gasteiger partial charge in [-0.15, -0.1) is 10.2 Å². The van der Waals surface area contributed by atoms with E-state index in [9.17, 15) is 0 Å². The number of nitrogens with zero attached hydrogens (tertiary/aromatic N) is 4. The fourth-order valence-corrected chi connectivity index (χ4v) is 2.21. The van der Waals surface area contributed by atoms with Crippen LogP contribution in [0.25, 0.3) is 0 Å². The molecule has 4 N–H and O–H groups in total. The molecule has 1 aliphatic rings. The molecule has 1 saturated carbocycles. The lowest BCUT2D eigenvalue weighted by Crippen LogP contribution is -2.45. The summed E-state index contributed by atoms with van der Waals surface area (Å²) in [5.74, 6) is 6.95. The molecule has 0 spiro atoms. The Bertz CT molecular complexity index is 392. The van der Waals surface area contributed by atoms with Gasteiger partial charge in [-0.2, -0.15) is 0 Å². The molecule has 100 valence electrons. The van der Waals surface area contributed by atoms with Crippen LogP contribution in [0.3, 0.4) is 0 Å². The van der Waals surface area contributed by atoms with Gasteiger partial charge >= 0.3 is 0 Å². The van der Waals surface area contributed by atoms with Gasteiger partial charge in [-0.25, -0.2) is 10.8 Å². The average Bonchev–Trinajstić information content (AvgIpc) is 3.05. The van der Waals surface area contributed by atoms with Crippen LogP contribution in [0, 0.1) is 0 Å². The van der Waals surface area contributed by atoms with Gasteiger partial charge in [0.05, 0.1) is 0 Å². The van der Waals surface area contributed by atoms with Crippen molar-refractivity contribution in [2.45, 2.75) is 51.7 Å². The molecule has 1 fully saturated rings. The van der Waals surface area contributed by atoms with E-state index in [0.717, 1.165) is 12.4 Å². The lowest BCUT2D eigenvalue weighted by atomic mass is 10.2. The van der Waals surface area contributed by atoms with E-state index in [-0.39, 0.29) is 0 Å². The van der Waals surface area contributed by atoms with Crippen LogP contribution >= 0.6 is 0 Å². The van der Waals surface area contributed by atoms with Crippen molar-refractivity contribution in [1.82, 2.24) is 25.5 Å². The highest BCUT2D eigenvalue weighted by Crippen LogP contribution is 2.17. The summed E-state index contributed by atoms with van der Waals surface area (Å²) >= 11 is 0. The number of nitrogens with one attached hydrogen (secondary N) is 2. The Hall–Kier alpha value is -1.63. The lowest BCUT2D eigenvalue weighted by Gasteiger charge is -2.14. The van der Waals surface area contributed by atoms with Crippen molar-refractivity contribution < 1.29 is 0 Å². The number of guanidine groups is 1. The number of aliphatic imine (C=N–C) groups is 1. The Morgan fingerprint density at radius 3 is 3.00 bits per heavy atom. The molecule has 0 bridgehead atoms. The number of hydrogen-bond donors (Lipinski definition) is 3. The van der Waals surface area contributed by atoms with Crippen molar-refractivity contribution in [2.75, 3.05) is 0 Å². The number of rotatable bonds is 4. The van der Waals surface area contributed by atoms with E-state index in [1.54, 1.807) is 6.33 Å². The third-order valence-corrected chi connectivity index (χ3v) is 3.25. The smallest absolute Gasteiger partial charge is 0.206 e. The first-order valence-electron chi connectivity index (χ1n) is 6.47. The van der Waals surface area contributed by atoms with Crippen LogP contribution in [0.2, 0.25) is 0 Å². The topological polar surface area (TPSA) is 93.2 Å². The van der Waals surface area contributed by atoms with Gasteiger partial charge in [0.2, 0.25) is 5.96 Å². The quantitative estimate of drug-likeness (QED) is 0.306. The van der Waals surface area contributed by atoms with Crippen LogP contribution in [0.1, 0.15) is 38.4 Å². The summed E-state index contributed by atoms with van der Waals surface area (Å²) in [6.07, 6.45) is 6.64. The fraction of sp³-hybridized carbons (Fsp3) is 0.727. The van der Waals surface area contributed by atoms with Crippen molar-refractivity contribution in [1.29, 1.82) is 0 Å². The zero-order chi connectivity index (χ0) is 12.8. The summed E-state index contributed by atoms with van der Waals surface area (Å²) in [6.45, 7) is 3.38. The minimum atomic E-state index is 0.479. The first-order chi connectivity index (χ1) is 8.83. The summed E-state index contributed by atoms with van der Waals surface area (Å²) < 4.78 is 1.97. The normalized spacial score (nSPS) is 17.1. The summed E-state index contributed by atoms with van der Waals surface area (Å²) in [6, 6.07) is 0.490. The van der Waals surface area contributed by atoms with Crippen LogP contribution in [-0.2, 0) is 13.1 Å². The van der Waals surface area contributed by atoms with Gasteiger partial charge in [-0.3, -0.25) is 5.43 Å². The van der Waals surface area contributed by atoms with Gasteiger partial charge in [-0.1, -0.05) is 12.8 Å². The van der Waals surface area contributed by atoms with Gasteiger partial charge in [0, 0.05) is 12.6 Å². The Balaban J connectivity index is 1.92. The molecule has 18 heavy (non-hydrogen) atoms. The molecule has 0 aromatic carbocycles. The summed E-state index contributed by atoms with van der Waals surface area (Å²) in [5, 5.41) is 11.2. The average molecular weight is 251 g/mol. The molecule has 0 radical (unpaired) electrons. The summed E-state index contributed by atoms with van der Waals surface area (Å²) in [7, 11) is 0. The van der Waals surface area contributed by atoms with Crippen LogP contribution < -0.4 is 16.6 Å². The summed E-state index contributed by atoms with van der Waals surface area (Å²) in [5.41, 5.74) is 2.61. The minimum Gasteiger partial charge on any atom is -0.353 e. The highest BCUT2D eigenvalue weighted by atomic mass is 15.3. The zero-order valence-corrected chi connectivity index (χ0v) is 10.8. The maximum Gasteiger partial charge on any atom is 0.206 e. The van der Waals surface area contributed by atoms with Crippen LogP contribution in [0.15, 0.2) is 11.3 Å². The summed E-state index contributed by atoms with van der Waals surface area (Å²) in [4.78, 5) is 4.40. The van der Waals surface area contributed by atoms with Gasteiger partial charge in [-0.05, 0) is 19.8 Å². The minimum absolute atomic E-state index is 0.479. The van der Waals surface area contributed by atoms with Crippen molar-refractivity contribution in [3.8, 4) is 0 Å². The molecule has 2 rings (SSSR count). The number of nitrogens with two attached hydrogens (primary N) is 1. The first kappa shape index (κ1) is 12.8. The van der Waals surface area contributed by atoms with Gasteiger partial charge in [0.1, 0.15) is 12.9 Å². The van der Waals surface area contributed by atoms with Crippen molar-refractivity contribution in [2.24, 2.45) is 10.8 Å². The Labute approximate surface area is 107 Å². The van der Waals surface area contributed by atoms with E-state index >= 15 is 0 Å². The largest absolute Gasteiger partial charge is 0.353 e. The lowest BCUT2D eigenvalue weighted by molar-refractivity contribution is 0.612. The molecular formula is C11H21N7. The molecule has 1 aromatic rings. The predicted molar refractivity (Wildman–Crippen MR) is 69.5 cm³/mol. The Morgan fingerprint density at radius 2 is 2.33 bits per heavy atom. The Morgan fingerprint density at radius 1 is 1.56 bits per heavy atom. The third kappa shape index (κ3) is 3.19. The number of aromatic nitrogens is 3. The van der Waals surface area contributed by atoms with Crippen molar-refractivity contribution in [3.05, 3.63) is 12.2 Å². The molecule has 0 amide bonds. The van der Waals surface area contributed by atoms with Crippen LogP contribution in [0.4, 0.5) is 0 Å². The third-order valence-electron chi connectivity index (χ3n) is 3.25. The second-order valence-electron chi connectivity index (χ2n) is 4.47. The fourth-order valence-electron chi connectivity index (χ4n) is 2.21. The van der Waals surface area contributed by atoms with E-state index in [0.29, 0.717) is 18.5 Å². The highest BCUT2D eigenvalue weighted by molar-refractivity contribution is 5.79. The number of hydrazine groups is 1. The second-order valence-corrected chi connectivity index (χ2v) is 4.47. The van der Waals surface area contributed by atoms with E-state index < -0.39 is 0 Å². The monoisotopic (exact) mass is 251 g/mol. The van der Waals surface area contributed by atoms with Crippen molar-refractivity contribution >= 4 is 5.96 Å². The molecule has 0 unspecified atom stereocenters. The molecule has 7 heteroatoms. The number of aryl methyl sites for hydroxylation is 1. The first-order valence-corrected chi connectivity index (χ1v) is 6.47. The van der Waals surface area contributed by atoms with Crippen LogP contribution in [-0.4, -0.2) is 26.8 Å². The maximum absolute atomic E-state index is 5.47. The van der Waals surface area contributed by atoms with E-state index in [2.05, 4.69) is 32.9 Å². The van der Waals surface area contributed by atoms with E-state index in [1.807, 2.05) is 4.57 Å². The van der Waals surface area contributed by atoms with E-state index in [4.69, 9.17) is 5.84 Å².